The molecule has 0 unspecified atom stereocenters. The summed E-state index contributed by atoms with van der Waals surface area (Å²) < 4.78 is 24.2. The summed E-state index contributed by atoms with van der Waals surface area (Å²) in [5, 5.41) is 11.8. The van der Waals surface area contributed by atoms with Gasteiger partial charge < -0.3 is 29.2 Å². The number of nitrogens with zero attached hydrogens (tertiary/aromatic N) is 4. The maximum atomic E-state index is 13.0. The van der Waals surface area contributed by atoms with Crippen molar-refractivity contribution in [3.8, 4) is 0 Å². The minimum absolute atomic E-state index is 0.0516. The number of unbranched alkanes of at least 4 members (excludes halogenated alkanes) is 17. The van der Waals surface area contributed by atoms with Gasteiger partial charge in [0, 0.05) is 56.6 Å². The third kappa shape index (κ3) is 38.2. The van der Waals surface area contributed by atoms with Crippen molar-refractivity contribution in [2.45, 2.75) is 227 Å². The molecule has 0 fully saturated rings. The monoisotopic (exact) mass is 956 g/mol. The van der Waals surface area contributed by atoms with Crippen LogP contribution in [0.2, 0.25) is 0 Å². The quantitative estimate of drug-likeness (QED) is 0.0286. The number of nitrogens with one attached hydrogen (secondary N) is 1. The van der Waals surface area contributed by atoms with Gasteiger partial charge in [0.1, 0.15) is 19.3 Å². The lowest BCUT2D eigenvalue weighted by molar-refractivity contribution is -0.150. The number of rotatable bonds is 47. The molecule has 0 aliphatic carbocycles. The number of hydrogen-bond donors (Lipinski definition) is 1. The molecular formula is C50H93N5O8S2. The second kappa shape index (κ2) is 45.3. The molecule has 15 heteroatoms. The molecule has 0 radical (unpaired) electrons. The smallest absolute Gasteiger partial charge is 0.409 e. The van der Waals surface area contributed by atoms with Crippen molar-refractivity contribution >= 4 is 45.6 Å². The average Bonchev–Trinajstić information content (AvgIpc) is 3.75. The molecule has 0 aliphatic rings. The van der Waals surface area contributed by atoms with Crippen LogP contribution in [-0.2, 0) is 46.3 Å². The second-order valence-corrected chi connectivity index (χ2v) is 20.0. The van der Waals surface area contributed by atoms with Crippen LogP contribution in [0.1, 0.15) is 213 Å². The Morgan fingerprint density at radius 1 is 0.585 bits per heavy atom. The predicted molar refractivity (Wildman–Crippen MR) is 268 cm³/mol. The van der Waals surface area contributed by atoms with Crippen molar-refractivity contribution in [2.24, 2.45) is 0 Å². The van der Waals surface area contributed by atoms with Crippen molar-refractivity contribution in [3.05, 3.63) is 11.9 Å². The Bertz CT molecular complexity index is 1280. The van der Waals surface area contributed by atoms with E-state index in [2.05, 4.69) is 43.3 Å². The summed E-state index contributed by atoms with van der Waals surface area (Å²) in [5.41, 5.74) is 0.744. The summed E-state index contributed by atoms with van der Waals surface area (Å²) in [7, 11) is 3.17. The summed E-state index contributed by atoms with van der Waals surface area (Å²) >= 11 is 0. The molecule has 1 amide bonds. The average molecular weight is 956 g/mol. The van der Waals surface area contributed by atoms with Crippen molar-refractivity contribution < 1.29 is 38.1 Å². The zero-order valence-electron chi connectivity index (χ0n) is 41.6. The van der Waals surface area contributed by atoms with Gasteiger partial charge in [-0.3, -0.25) is 19.1 Å². The highest BCUT2D eigenvalue weighted by atomic mass is 33.1. The van der Waals surface area contributed by atoms with Gasteiger partial charge in [0.2, 0.25) is 0 Å². The number of amides is 1. The number of aryl methyl sites for hydroxylation is 1. The van der Waals surface area contributed by atoms with Gasteiger partial charge in [-0.2, -0.15) is 0 Å². The van der Waals surface area contributed by atoms with Crippen LogP contribution in [0, 0.1) is 0 Å². The van der Waals surface area contributed by atoms with Gasteiger partial charge in [0.15, 0.2) is 0 Å². The molecule has 1 aromatic heterocycles. The molecule has 0 aromatic carbocycles. The number of carbonyl (C=O) groups is 4. The van der Waals surface area contributed by atoms with Gasteiger partial charge >= 0.3 is 24.0 Å². The van der Waals surface area contributed by atoms with Crippen molar-refractivity contribution in [1.82, 2.24) is 25.2 Å². The molecule has 0 saturated heterocycles. The van der Waals surface area contributed by atoms with Crippen LogP contribution in [0.25, 0.3) is 0 Å². The van der Waals surface area contributed by atoms with E-state index in [-0.39, 0.29) is 50.2 Å². The van der Waals surface area contributed by atoms with Gasteiger partial charge in [0.25, 0.3) is 0 Å². The number of aromatic nitrogens is 3. The van der Waals surface area contributed by atoms with Crippen LogP contribution >= 0.6 is 21.6 Å². The molecule has 1 N–H and O–H groups in total. The van der Waals surface area contributed by atoms with E-state index in [0.29, 0.717) is 50.5 Å². The van der Waals surface area contributed by atoms with Gasteiger partial charge in [0.05, 0.1) is 18.7 Å². The lowest BCUT2D eigenvalue weighted by atomic mass is 10.0. The van der Waals surface area contributed by atoms with Crippen LogP contribution in [0.4, 0.5) is 4.79 Å². The molecule has 0 atom stereocenters. The fourth-order valence-corrected chi connectivity index (χ4v) is 8.99. The Kier molecular flexibility index (Phi) is 42.1. The number of ether oxygens (including phenoxy) is 4. The zero-order chi connectivity index (χ0) is 47.3. The first-order chi connectivity index (χ1) is 31.8. The topological polar surface area (TPSA) is 151 Å². The first-order valence-electron chi connectivity index (χ1n) is 26.1. The second-order valence-electron chi connectivity index (χ2n) is 17.3. The Morgan fingerprint density at radius 2 is 1.12 bits per heavy atom. The standard InChI is InChI=1S/C50H93N5O8S2/c1-5-9-12-15-18-22-28-46(29-23-19-16-13-10-6-2)63-49(58)31-25-21-26-37-55-44-45(52-53-55)33-39-60-48(57)32-38-54(36-27-35-51-34-8-4)50(59)62-41-43-65-64-42-40-61-47(56)30-24-20-17-14-11-7-3/h44,46,51H,5-43H2,1-4H3. The molecule has 1 rings (SSSR count). The van der Waals surface area contributed by atoms with E-state index in [0.717, 1.165) is 89.4 Å². The van der Waals surface area contributed by atoms with E-state index in [1.54, 1.807) is 31.2 Å². The molecule has 1 aromatic rings. The molecule has 0 aliphatic heterocycles. The fourth-order valence-electron chi connectivity index (χ4n) is 7.34. The van der Waals surface area contributed by atoms with Crippen molar-refractivity contribution in [3.63, 3.8) is 0 Å². The van der Waals surface area contributed by atoms with Crippen molar-refractivity contribution in [2.75, 3.05) is 57.5 Å². The van der Waals surface area contributed by atoms with Crippen LogP contribution in [0.3, 0.4) is 0 Å². The maximum Gasteiger partial charge on any atom is 0.409 e. The highest BCUT2D eigenvalue weighted by Gasteiger charge is 2.18. The molecule has 378 valence electrons. The molecule has 0 spiro atoms. The molecule has 13 nitrogen and oxygen atoms in total. The number of esters is 3. The predicted octanol–water partition coefficient (Wildman–Crippen LogP) is 12.2. The van der Waals surface area contributed by atoms with Crippen LogP contribution in [-0.4, -0.2) is 108 Å². The van der Waals surface area contributed by atoms with Gasteiger partial charge in [-0.25, -0.2) is 4.79 Å². The highest BCUT2D eigenvalue weighted by molar-refractivity contribution is 8.76. The van der Waals surface area contributed by atoms with E-state index >= 15 is 0 Å². The first kappa shape index (κ1) is 60.5. The van der Waals surface area contributed by atoms with E-state index in [1.807, 2.05) is 6.20 Å². The Hall–Kier alpha value is -2.52. The molecule has 65 heavy (non-hydrogen) atoms. The van der Waals surface area contributed by atoms with E-state index in [9.17, 15) is 19.2 Å². The SMILES string of the molecule is CCCCCCCCC(=O)OCCSSCCOC(=O)N(CCCNCCC)CCC(=O)OCCc1cn(CCCCCC(=O)OC(CCCCCCCC)CCCCCCCC)nn1. The largest absolute Gasteiger partial charge is 0.465 e. The highest BCUT2D eigenvalue weighted by Crippen LogP contribution is 2.21. The molecule has 0 saturated carbocycles. The first-order valence-corrected chi connectivity index (χ1v) is 28.6. The molecular weight excluding hydrogens is 863 g/mol. The molecule has 0 bridgehead atoms. The van der Waals surface area contributed by atoms with Crippen LogP contribution in [0.5, 0.6) is 0 Å². The lowest BCUT2D eigenvalue weighted by Crippen LogP contribution is -2.36. The number of hydrogen-bond acceptors (Lipinski definition) is 13. The summed E-state index contributed by atoms with van der Waals surface area (Å²) in [6.07, 6.45) is 31.1. The van der Waals surface area contributed by atoms with Crippen molar-refractivity contribution in [1.29, 1.82) is 0 Å². The summed E-state index contributed by atoms with van der Waals surface area (Å²) in [4.78, 5) is 51.9. The fraction of sp³-hybridized carbons (Fsp3) is 0.880. The maximum absolute atomic E-state index is 13.0. The summed E-state index contributed by atoms with van der Waals surface area (Å²) in [6.45, 7) is 12.7. The third-order valence-corrected chi connectivity index (χ3v) is 13.6. The van der Waals surface area contributed by atoms with Crippen LogP contribution < -0.4 is 5.32 Å². The van der Waals surface area contributed by atoms with Crippen LogP contribution in [0.15, 0.2) is 6.20 Å². The minimum Gasteiger partial charge on any atom is -0.465 e. The summed E-state index contributed by atoms with van der Waals surface area (Å²) in [5.74, 6) is 0.709. The minimum atomic E-state index is -0.440. The third-order valence-electron chi connectivity index (χ3n) is 11.2. The van der Waals surface area contributed by atoms with Gasteiger partial charge in [-0.05, 0) is 70.9 Å². The van der Waals surface area contributed by atoms with Gasteiger partial charge in [-0.15, -0.1) is 5.10 Å². The number of carbonyl (C=O) groups excluding carboxylic acids is 4. The zero-order valence-corrected chi connectivity index (χ0v) is 43.2. The lowest BCUT2D eigenvalue weighted by Gasteiger charge is -2.22. The molecule has 1 heterocycles. The van der Waals surface area contributed by atoms with Gasteiger partial charge in [-0.1, -0.05) is 157 Å². The normalized spacial score (nSPS) is 11.3. The van der Waals surface area contributed by atoms with E-state index in [4.69, 9.17) is 18.9 Å². The Labute approximate surface area is 403 Å². The van der Waals surface area contributed by atoms with E-state index < -0.39 is 6.09 Å². The van der Waals surface area contributed by atoms with E-state index in [1.165, 1.54) is 89.9 Å². The Morgan fingerprint density at radius 3 is 1.75 bits per heavy atom. The summed E-state index contributed by atoms with van der Waals surface area (Å²) in [6, 6.07) is 0. The Balaban J connectivity index is 2.32.